The van der Waals surface area contributed by atoms with Crippen LogP contribution in [0, 0.1) is 0 Å². The molecule has 1 heterocycles. The van der Waals surface area contributed by atoms with Gasteiger partial charge in [0.1, 0.15) is 11.5 Å². The Morgan fingerprint density at radius 2 is 1.72 bits per heavy atom. The van der Waals surface area contributed by atoms with Crippen LogP contribution in [0.2, 0.25) is 0 Å². The van der Waals surface area contributed by atoms with Gasteiger partial charge in [-0.15, -0.1) is 0 Å². The highest BCUT2D eigenvalue weighted by Crippen LogP contribution is 2.28. The average molecular weight is 393 g/mol. The van der Waals surface area contributed by atoms with E-state index in [1.165, 1.54) is 0 Å². The lowest BCUT2D eigenvalue weighted by molar-refractivity contribution is -0.131. The second-order valence-corrected chi connectivity index (χ2v) is 6.73. The van der Waals surface area contributed by atoms with Crippen LogP contribution in [0.3, 0.4) is 0 Å². The van der Waals surface area contributed by atoms with Crippen molar-refractivity contribution in [3.63, 3.8) is 0 Å². The summed E-state index contributed by atoms with van der Waals surface area (Å²) in [5.74, 6) is 3.08. The number of carbonyl (C=O) groups excluding carboxylic acids is 1. The van der Waals surface area contributed by atoms with Crippen LogP contribution in [0.4, 0.5) is 0 Å². The second kappa shape index (κ2) is 9.82. The zero-order valence-corrected chi connectivity index (χ0v) is 17.2. The summed E-state index contributed by atoms with van der Waals surface area (Å²) in [7, 11) is 3.22. The monoisotopic (exact) mass is 393 g/mol. The van der Waals surface area contributed by atoms with Crippen LogP contribution in [0.25, 0.3) is 11.3 Å². The number of carbonyl (C=O) groups is 1. The maximum Gasteiger partial charge on any atom is 0.223 e. The summed E-state index contributed by atoms with van der Waals surface area (Å²) >= 11 is 0. The number of hydrogen-bond acceptors (Lipinski definition) is 4. The summed E-state index contributed by atoms with van der Waals surface area (Å²) in [6.07, 6.45) is 0.983. The minimum Gasteiger partial charge on any atom is -0.493 e. The van der Waals surface area contributed by atoms with Gasteiger partial charge in [0.15, 0.2) is 11.5 Å². The van der Waals surface area contributed by atoms with Crippen molar-refractivity contribution in [1.82, 2.24) is 4.90 Å². The van der Waals surface area contributed by atoms with Gasteiger partial charge in [-0.2, -0.15) is 0 Å². The van der Waals surface area contributed by atoms with E-state index in [2.05, 4.69) is 0 Å². The fraction of sp³-hybridized carbons (Fsp3) is 0.292. The molecule has 1 aromatic heterocycles. The summed E-state index contributed by atoms with van der Waals surface area (Å²) in [6.45, 7) is 3.16. The molecule has 0 radical (unpaired) electrons. The molecule has 0 N–H and O–H groups in total. The van der Waals surface area contributed by atoms with Crippen LogP contribution in [0.1, 0.15) is 24.7 Å². The van der Waals surface area contributed by atoms with E-state index in [1.54, 1.807) is 14.2 Å². The molecule has 152 valence electrons. The van der Waals surface area contributed by atoms with Gasteiger partial charge in [0.05, 0.1) is 14.2 Å². The Bertz CT molecular complexity index is 933. The Balaban J connectivity index is 1.60. The van der Waals surface area contributed by atoms with Crippen molar-refractivity contribution in [2.75, 3.05) is 20.8 Å². The van der Waals surface area contributed by atoms with Gasteiger partial charge in [-0.1, -0.05) is 36.4 Å². The van der Waals surface area contributed by atoms with Crippen LogP contribution in [-0.2, 0) is 17.8 Å². The lowest BCUT2D eigenvalue weighted by atomic mass is 10.1. The molecule has 0 unspecified atom stereocenters. The molecule has 0 saturated heterocycles. The van der Waals surface area contributed by atoms with Crippen molar-refractivity contribution < 1.29 is 18.7 Å². The lowest BCUT2D eigenvalue weighted by Gasteiger charge is -2.21. The summed E-state index contributed by atoms with van der Waals surface area (Å²) in [6, 6.07) is 19.6. The number of hydrogen-bond donors (Lipinski definition) is 0. The normalized spacial score (nSPS) is 10.6. The first-order valence-corrected chi connectivity index (χ1v) is 9.77. The molecule has 29 heavy (non-hydrogen) atoms. The number of furan rings is 1. The highest BCUT2D eigenvalue weighted by Gasteiger charge is 2.15. The Hall–Kier alpha value is -3.21. The van der Waals surface area contributed by atoms with Gasteiger partial charge in [0, 0.05) is 31.5 Å². The number of nitrogens with zero attached hydrogens (tertiary/aromatic N) is 1. The molecule has 5 heteroatoms. The average Bonchev–Trinajstić information content (AvgIpc) is 3.25. The Morgan fingerprint density at radius 1 is 0.966 bits per heavy atom. The van der Waals surface area contributed by atoms with Gasteiger partial charge < -0.3 is 18.8 Å². The molecule has 3 aromatic rings. The summed E-state index contributed by atoms with van der Waals surface area (Å²) in [5.41, 5.74) is 2.04. The maximum atomic E-state index is 12.7. The van der Waals surface area contributed by atoms with E-state index in [-0.39, 0.29) is 5.91 Å². The minimum absolute atomic E-state index is 0.0972. The van der Waals surface area contributed by atoms with Crippen LogP contribution in [0.5, 0.6) is 11.5 Å². The predicted octanol–water partition coefficient (Wildman–Crippen LogP) is 4.95. The molecule has 0 fully saturated rings. The Kier molecular flexibility index (Phi) is 6.95. The topological polar surface area (TPSA) is 51.9 Å². The Labute approximate surface area is 171 Å². The SMILES string of the molecule is CCN(Cc1ccc(OC)c(OC)c1)C(=O)CCc1ccc(-c2ccccc2)o1. The van der Waals surface area contributed by atoms with E-state index < -0.39 is 0 Å². The molecule has 0 aliphatic rings. The van der Waals surface area contributed by atoms with Crippen molar-refractivity contribution in [3.05, 3.63) is 72.0 Å². The molecule has 0 atom stereocenters. The van der Waals surface area contributed by atoms with Gasteiger partial charge in [0.25, 0.3) is 0 Å². The highest BCUT2D eigenvalue weighted by atomic mass is 16.5. The number of methoxy groups -OCH3 is 2. The first-order valence-electron chi connectivity index (χ1n) is 9.77. The molecule has 0 spiro atoms. The molecule has 0 aliphatic carbocycles. The van der Waals surface area contributed by atoms with E-state index in [0.29, 0.717) is 37.4 Å². The quantitative estimate of drug-likeness (QED) is 0.516. The third-order valence-corrected chi connectivity index (χ3v) is 4.86. The number of aryl methyl sites for hydroxylation is 1. The second-order valence-electron chi connectivity index (χ2n) is 6.73. The summed E-state index contributed by atoms with van der Waals surface area (Å²) in [5, 5.41) is 0. The molecule has 3 rings (SSSR count). The molecule has 0 saturated carbocycles. The predicted molar refractivity (Wildman–Crippen MR) is 113 cm³/mol. The van der Waals surface area contributed by atoms with Gasteiger partial charge in [-0.25, -0.2) is 0 Å². The van der Waals surface area contributed by atoms with Crippen LogP contribution < -0.4 is 9.47 Å². The van der Waals surface area contributed by atoms with E-state index in [0.717, 1.165) is 22.6 Å². The number of ether oxygens (including phenoxy) is 2. The highest BCUT2D eigenvalue weighted by molar-refractivity contribution is 5.76. The minimum atomic E-state index is 0.0972. The first-order chi connectivity index (χ1) is 14.1. The van der Waals surface area contributed by atoms with Gasteiger partial charge in [0.2, 0.25) is 5.91 Å². The van der Waals surface area contributed by atoms with Gasteiger partial charge in [-0.3, -0.25) is 4.79 Å². The largest absolute Gasteiger partial charge is 0.493 e. The number of amides is 1. The molecular weight excluding hydrogens is 366 g/mol. The van der Waals surface area contributed by atoms with Gasteiger partial charge >= 0.3 is 0 Å². The van der Waals surface area contributed by atoms with Crippen LogP contribution in [-0.4, -0.2) is 31.6 Å². The number of benzene rings is 2. The number of rotatable bonds is 9. The van der Waals surface area contributed by atoms with Crippen molar-refractivity contribution >= 4 is 5.91 Å². The fourth-order valence-electron chi connectivity index (χ4n) is 3.23. The third-order valence-electron chi connectivity index (χ3n) is 4.86. The van der Waals surface area contributed by atoms with Crippen LogP contribution >= 0.6 is 0 Å². The van der Waals surface area contributed by atoms with Crippen molar-refractivity contribution in [2.24, 2.45) is 0 Å². The molecule has 0 bridgehead atoms. The standard InChI is InChI=1S/C24H27NO4/c1-4-25(17-18-10-13-22(27-2)23(16-18)28-3)24(26)15-12-20-11-14-21(29-20)19-8-6-5-7-9-19/h5-11,13-14,16H,4,12,15,17H2,1-3H3. The fourth-order valence-corrected chi connectivity index (χ4v) is 3.23. The lowest BCUT2D eigenvalue weighted by Crippen LogP contribution is -2.30. The van der Waals surface area contributed by atoms with Crippen molar-refractivity contribution in [1.29, 1.82) is 0 Å². The maximum absolute atomic E-state index is 12.7. The third kappa shape index (κ3) is 5.19. The smallest absolute Gasteiger partial charge is 0.223 e. The van der Waals surface area contributed by atoms with E-state index >= 15 is 0 Å². The molecule has 0 aliphatic heterocycles. The summed E-state index contributed by atoms with van der Waals surface area (Å²) in [4.78, 5) is 14.6. The van der Waals surface area contributed by atoms with E-state index in [1.807, 2.05) is 72.5 Å². The molecule has 1 amide bonds. The molecular formula is C24H27NO4. The zero-order valence-electron chi connectivity index (χ0n) is 17.2. The molecule has 2 aromatic carbocycles. The molecule has 5 nitrogen and oxygen atoms in total. The van der Waals surface area contributed by atoms with E-state index in [4.69, 9.17) is 13.9 Å². The van der Waals surface area contributed by atoms with Gasteiger partial charge in [-0.05, 0) is 36.8 Å². The van der Waals surface area contributed by atoms with E-state index in [9.17, 15) is 4.79 Å². The summed E-state index contributed by atoms with van der Waals surface area (Å²) < 4.78 is 16.5. The Morgan fingerprint density at radius 3 is 2.41 bits per heavy atom. The zero-order chi connectivity index (χ0) is 20.6. The van der Waals surface area contributed by atoms with Crippen molar-refractivity contribution in [3.8, 4) is 22.8 Å². The van der Waals surface area contributed by atoms with Crippen LogP contribution in [0.15, 0.2) is 65.1 Å². The first kappa shape index (κ1) is 20.5. The van der Waals surface area contributed by atoms with Crippen molar-refractivity contribution in [2.45, 2.75) is 26.3 Å².